The summed E-state index contributed by atoms with van der Waals surface area (Å²) in [5.41, 5.74) is 5.11. The normalized spacial score (nSPS) is 23.5. The lowest BCUT2D eigenvalue weighted by molar-refractivity contribution is -0.669. The summed E-state index contributed by atoms with van der Waals surface area (Å²) in [7, 11) is 2.19. The van der Waals surface area contributed by atoms with Gasteiger partial charge in [-0.25, -0.2) is 0 Å². The van der Waals surface area contributed by atoms with Gasteiger partial charge in [0.1, 0.15) is 6.54 Å². The van der Waals surface area contributed by atoms with Gasteiger partial charge in [0.2, 0.25) is 11.2 Å². The molecule has 0 spiro atoms. The molecule has 1 aromatic carbocycles. The highest BCUT2D eigenvalue weighted by Gasteiger charge is 2.26. The summed E-state index contributed by atoms with van der Waals surface area (Å²) in [6.45, 7) is 5.32. The van der Waals surface area contributed by atoms with Crippen molar-refractivity contribution < 1.29 is 4.57 Å². The molecule has 2 atom stereocenters. The zero-order valence-electron chi connectivity index (χ0n) is 15.2. The second-order valence-corrected chi connectivity index (χ2v) is 6.94. The maximum atomic E-state index is 2.39. The molecule has 126 valence electrons. The minimum absolute atomic E-state index is 0.416. The number of aromatic nitrogens is 1. The van der Waals surface area contributed by atoms with Crippen LogP contribution < -0.4 is 4.57 Å². The van der Waals surface area contributed by atoms with Crippen LogP contribution in [0.5, 0.6) is 0 Å². The zero-order valence-corrected chi connectivity index (χ0v) is 15.2. The number of pyridine rings is 1. The first-order valence-corrected chi connectivity index (χ1v) is 9.08. The number of allylic oxidation sites excluding steroid dienone is 3. The summed E-state index contributed by atoms with van der Waals surface area (Å²) >= 11 is 0. The van der Waals surface area contributed by atoms with Crippen molar-refractivity contribution in [3.8, 4) is 0 Å². The average Bonchev–Trinajstić information content (AvgIpc) is 2.64. The molecule has 2 aliphatic rings. The van der Waals surface area contributed by atoms with E-state index in [1.54, 1.807) is 0 Å². The van der Waals surface area contributed by atoms with E-state index in [2.05, 4.69) is 103 Å². The number of nitrogens with zero attached hydrogens (tertiary/aromatic N) is 2. The van der Waals surface area contributed by atoms with E-state index in [9.17, 15) is 0 Å². The van der Waals surface area contributed by atoms with Crippen LogP contribution in [0, 0.1) is 12.8 Å². The van der Waals surface area contributed by atoms with Gasteiger partial charge < -0.3 is 4.90 Å². The third-order valence-corrected chi connectivity index (χ3v) is 5.32. The molecule has 0 saturated heterocycles. The highest BCUT2D eigenvalue weighted by atomic mass is 15.1. The van der Waals surface area contributed by atoms with E-state index in [-0.39, 0.29) is 0 Å². The molecule has 0 N–H and O–H groups in total. The van der Waals surface area contributed by atoms with Gasteiger partial charge in [-0.15, -0.1) is 0 Å². The van der Waals surface area contributed by atoms with Crippen LogP contribution in [0.25, 0.3) is 17.0 Å². The highest BCUT2D eigenvalue weighted by molar-refractivity contribution is 5.77. The van der Waals surface area contributed by atoms with Gasteiger partial charge in [-0.1, -0.05) is 42.0 Å². The Morgan fingerprint density at radius 3 is 2.76 bits per heavy atom. The van der Waals surface area contributed by atoms with Crippen molar-refractivity contribution in [2.45, 2.75) is 26.4 Å². The van der Waals surface area contributed by atoms with Crippen LogP contribution in [0.3, 0.4) is 0 Å². The number of fused-ring (bicyclic) bond motifs is 2. The Balaban J connectivity index is 1.79. The molecule has 1 aliphatic heterocycles. The fourth-order valence-electron chi connectivity index (χ4n) is 3.92. The largest absolute Gasteiger partial charge is 0.367 e. The lowest BCUT2D eigenvalue weighted by Crippen LogP contribution is -2.39. The van der Waals surface area contributed by atoms with Crippen molar-refractivity contribution in [3.63, 3.8) is 0 Å². The second kappa shape index (κ2) is 6.36. The molecule has 2 unspecified atom stereocenters. The zero-order chi connectivity index (χ0) is 17.4. The number of hydrogen-bond donors (Lipinski definition) is 0. The summed E-state index contributed by atoms with van der Waals surface area (Å²) in [6, 6.07) is 11.6. The number of aryl methyl sites for hydroxylation is 2. The van der Waals surface area contributed by atoms with Gasteiger partial charge in [0.15, 0.2) is 0 Å². The molecule has 0 radical (unpaired) electrons. The predicted molar refractivity (Wildman–Crippen MR) is 105 cm³/mol. The van der Waals surface area contributed by atoms with Gasteiger partial charge in [0, 0.05) is 42.3 Å². The lowest BCUT2D eigenvalue weighted by Gasteiger charge is -2.36. The van der Waals surface area contributed by atoms with E-state index >= 15 is 0 Å². The Kier molecular flexibility index (Phi) is 4.04. The average molecular weight is 329 g/mol. The van der Waals surface area contributed by atoms with Gasteiger partial charge in [-0.2, -0.15) is 4.57 Å². The van der Waals surface area contributed by atoms with E-state index in [1.807, 2.05) is 0 Å². The second-order valence-electron chi connectivity index (χ2n) is 6.94. The third-order valence-electron chi connectivity index (χ3n) is 5.32. The Bertz CT molecular complexity index is 931. The molecule has 1 aliphatic carbocycles. The summed E-state index contributed by atoms with van der Waals surface area (Å²) in [6.07, 6.45) is 15.7. The van der Waals surface area contributed by atoms with Crippen molar-refractivity contribution in [2.24, 2.45) is 5.92 Å². The highest BCUT2D eigenvalue weighted by Crippen LogP contribution is 2.28. The molecule has 0 saturated carbocycles. The summed E-state index contributed by atoms with van der Waals surface area (Å²) in [5.74, 6) is 0.477. The first-order valence-electron chi connectivity index (χ1n) is 9.08. The van der Waals surface area contributed by atoms with Crippen molar-refractivity contribution in [3.05, 3.63) is 83.7 Å². The Hall–Kier alpha value is -2.61. The van der Waals surface area contributed by atoms with Crippen LogP contribution in [0.1, 0.15) is 18.2 Å². The molecular formula is C23H25N2+. The van der Waals surface area contributed by atoms with Crippen LogP contribution in [-0.4, -0.2) is 18.0 Å². The van der Waals surface area contributed by atoms with Crippen LogP contribution in [-0.2, 0) is 6.54 Å². The monoisotopic (exact) mass is 329 g/mol. The van der Waals surface area contributed by atoms with Crippen molar-refractivity contribution >= 4 is 17.0 Å². The summed E-state index contributed by atoms with van der Waals surface area (Å²) < 4.78 is 2.39. The van der Waals surface area contributed by atoms with Crippen molar-refractivity contribution in [1.82, 2.24) is 4.90 Å². The molecule has 2 heterocycles. The Labute approximate surface area is 150 Å². The maximum Gasteiger partial charge on any atom is 0.212 e. The van der Waals surface area contributed by atoms with Crippen LogP contribution in [0.15, 0.2) is 72.5 Å². The number of hydrogen-bond acceptors (Lipinski definition) is 1. The van der Waals surface area contributed by atoms with Crippen LogP contribution in [0.4, 0.5) is 0 Å². The first kappa shape index (κ1) is 15.9. The topological polar surface area (TPSA) is 7.12 Å². The van der Waals surface area contributed by atoms with Crippen molar-refractivity contribution in [1.29, 1.82) is 0 Å². The molecule has 0 bridgehead atoms. The van der Waals surface area contributed by atoms with Gasteiger partial charge in [-0.3, -0.25) is 0 Å². The summed E-state index contributed by atoms with van der Waals surface area (Å²) in [5, 5.41) is 1.30. The van der Waals surface area contributed by atoms with Gasteiger partial charge in [0.25, 0.3) is 0 Å². The molecule has 2 heteroatoms. The lowest BCUT2D eigenvalue weighted by atomic mass is 9.90. The standard InChI is InChI=1S/C23H25N2/c1-4-25-21(13-11-19-15-17(2)9-14-23(19)25)16-20-12-10-18-7-5-6-8-22(18)24(20)3/h5-16,18,22H,4H2,1-3H3/q+1. The molecule has 2 aromatic rings. The fourth-order valence-corrected chi connectivity index (χ4v) is 3.92. The SMILES string of the molecule is CC[n+]1c(C=C2C=CC3C=CC=CC3N2C)ccc2cc(C)ccc21. The minimum Gasteiger partial charge on any atom is -0.367 e. The quantitative estimate of drug-likeness (QED) is 0.740. The van der Waals surface area contributed by atoms with E-state index in [1.165, 1.54) is 27.9 Å². The molecule has 0 amide bonds. The molecule has 25 heavy (non-hydrogen) atoms. The third kappa shape index (κ3) is 2.82. The molecular weight excluding hydrogens is 304 g/mol. The molecule has 4 rings (SSSR count). The Morgan fingerprint density at radius 1 is 1.08 bits per heavy atom. The maximum absolute atomic E-state index is 2.39. The smallest absolute Gasteiger partial charge is 0.212 e. The number of rotatable bonds is 2. The van der Waals surface area contributed by atoms with E-state index < -0.39 is 0 Å². The van der Waals surface area contributed by atoms with E-state index in [4.69, 9.17) is 0 Å². The minimum atomic E-state index is 0.416. The summed E-state index contributed by atoms with van der Waals surface area (Å²) in [4.78, 5) is 2.38. The van der Waals surface area contributed by atoms with Gasteiger partial charge in [0.05, 0.1) is 6.04 Å². The van der Waals surface area contributed by atoms with Crippen LogP contribution in [0.2, 0.25) is 0 Å². The number of likely N-dealkylation sites (N-methyl/N-ethyl adjacent to an activating group) is 1. The van der Waals surface area contributed by atoms with Gasteiger partial charge >= 0.3 is 0 Å². The first-order chi connectivity index (χ1) is 12.2. The molecule has 0 fully saturated rings. The molecule has 2 nitrogen and oxygen atoms in total. The predicted octanol–water partition coefficient (Wildman–Crippen LogP) is 4.41. The van der Waals surface area contributed by atoms with E-state index in [0.29, 0.717) is 12.0 Å². The van der Waals surface area contributed by atoms with Crippen LogP contribution >= 0.6 is 0 Å². The van der Waals surface area contributed by atoms with Crippen molar-refractivity contribution in [2.75, 3.05) is 7.05 Å². The molecule has 1 aromatic heterocycles. The number of benzene rings is 1. The van der Waals surface area contributed by atoms with Gasteiger partial charge in [-0.05, 0) is 32.1 Å². The fraction of sp³-hybridized carbons (Fsp3) is 0.261. The van der Waals surface area contributed by atoms with E-state index in [0.717, 1.165) is 6.54 Å². The Morgan fingerprint density at radius 2 is 1.92 bits per heavy atom.